The predicted octanol–water partition coefficient (Wildman–Crippen LogP) is 0.945. The molecule has 1 saturated carbocycles. The maximum Gasteiger partial charge on any atom is 0.203 e. The molecule has 2 aromatic heterocycles. The molecule has 1 fully saturated rings. The second-order valence-corrected chi connectivity index (χ2v) is 4.85. The van der Waals surface area contributed by atoms with Crippen LogP contribution in [-0.4, -0.2) is 37.8 Å². The zero-order chi connectivity index (χ0) is 12.4. The molecule has 0 bridgehead atoms. The molecule has 3 rings (SSSR count). The summed E-state index contributed by atoms with van der Waals surface area (Å²) in [5, 5.41) is 20.5. The minimum Gasteiger partial charge on any atom is -0.396 e. The van der Waals surface area contributed by atoms with Gasteiger partial charge in [-0.25, -0.2) is 4.98 Å². The number of hydrogen-bond donors (Lipinski definition) is 2. The Balaban J connectivity index is 1.71. The molecular formula is C12H17N5O. The highest BCUT2D eigenvalue weighted by molar-refractivity contribution is 5.61. The van der Waals surface area contributed by atoms with Gasteiger partial charge in [-0.3, -0.25) is 4.40 Å². The molecule has 0 radical (unpaired) electrons. The van der Waals surface area contributed by atoms with Gasteiger partial charge in [-0.2, -0.15) is 0 Å². The standard InChI is InChI=1S/C12H17N5O/c18-7-10-3-1-2-9(10)6-14-11-12-16-15-8-17(12)5-4-13-11/h4-5,8-10,18H,1-3,6-7H2,(H,13,14). The Morgan fingerprint density at radius 2 is 2.28 bits per heavy atom. The largest absolute Gasteiger partial charge is 0.396 e. The van der Waals surface area contributed by atoms with Crippen LogP contribution < -0.4 is 5.32 Å². The number of aromatic nitrogens is 4. The number of aliphatic hydroxyl groups is 1. The topological polar surface area (TPSA) is 75.3 Å². The Morgan fingerprint density at radius 3 is 3.17 bits per heavy atom. The van der Waals surface area contributed by atoms with E-state index in [1.807, 2.05) is 10.6 Å². The quantitative estimate of drug-likeness (QED) is 0.841. The summed E-state index contributed by atoms with van der Waals surface area (Å²) in [7, 11) is 0. The minimum atomic E-state index is 0.287. The minimum absolute atomic E-state index is 0.287. The molecule has 6 nitrogen and oxygen atoms in total. The van der Waals surface area contributed by atoms with Crippen molar-refractivity contribution < 1.29 is 5.11 Å². The fourth-order valence-electron chi connectivity index (χ4n) is 2.73. The number of nitrogens with one attached hydrogen (secondary N) is 1. The molecular weight excluding hydrogens is 230 g/mol. The van der Waals surface area contributed by atoms with E-state index in [0.717, 1.165) is 24.4 Å². The lowest BCUT2D eigenvalue weighted by Gasteiger charge is -2.18. The molecule has 6 heteroatoms. The zero-order valence-corrected chi connectivity index (χ0v) is 10.2. The van der Waals surface area contributed by atoms with Crippen LogP contribution in [-0.2, 0) is 0 Å². The van der Waals surface area contributed by atoms with Crippen molar-refractivity contribution in [3.05, 3.63) is 18.7 Å². The molecule has 0 amide bonds. The van der Waals surface area contributed by atoms with E-state index in [1.165, 1.54) is 12.8 Å². The third-order valence-corrected chi connectivity index (χ3v) is 3.80. The van der Waals surface area contributed by atoms with Crippen molar-refractivity contribution >= 4 is 11.5 Å². The SMILES string of the molecule is OCC1CCCC1CNc1nccn2cnnc12. The molecule has 1 aliphatic rings. The lowest BCUT2D eigenvalue weighted by Crippen LogP contribution is -2.21. The molecule has 0 spiro atoms. The molecule has 0 aromatic carbocycles. The average molecular weight is 247 g/mol. The Morgan fingerprint density at radius 1 is 1.39 bits per heavy atom. The van der Waals surface area contributed by atoms with Crippen molar-refractivity contribution in [2.45, 2.75) is 19.3 Å². The van der Waals surface area contributed by atoms with Crippen molar-refractivity contribution in [2.75, 3.05) is 18.5 Å². The van der Waals surface area contributed by atoms with Crippen LogP contribution in [0.15, 0.2) is 18.7 Å². The molecule has 18 heavy (non-hydrogen) atoms. The highest BCUT2D eigenvalue weighted by Crippen LogP contribution is 2.31. The van der Waals surface area contributed by atoms with Crippen LogP contribution in [0.25, 0.3) is 5.65 Å². The molecule has 2 heterocycles. The van der Waals surface area contributed by atoms with Gasteiger partial charge in [-0.15, -0.1) is 10.2 Å². The van der Waals surface area contributed by atoms with Gasteiger partial charge in [0.1, 0.15) is 6.33 Å². The molecule has 0 saturated heterocycles. The van der Waals surface area contributed by atoms with Gasteiger partial charge in [0.2, 0.25) is 5.65 Å². The van der Waals surface area contributed by atoms with Crippen LogP contribution in [0, 0.1) is 11.8 Å². The Bertz CT molecular complexity index is 526. The van der Waals surface area contributed by atoms with Gasteiger partial charge in [-0.1, -0.05) is 6.42 Å². The van der Waals surface area contributed by atoms with Crippen molar-refractivity contribution in [1.82, 2.24) is 19.6 Å². The van der Waals surface area contributed by atoms with Gasteiger partial charge < -0.3 is 10.4 Å². The maximum absolute atomic E-state index is 9.30. The molecule has 2 unspecified atom stereocenters. The van der Waals surface area contributed by atoms with Crippen molar-refractivity contribution in [2.24, 2.45) is 11.8 Å². The second-order valence-electron chi connectivity index (χ2n) is 4.85. The maximum atomic E-state index is 9.30. The van der Waals surface area contributed by atoms with E-state index >= 15 is 0 Å². The van der Waals surface area contributed by atoms with Crippen LogP contribution in [0.1, 0.15) is 19.3 Å². The second kappa shape index (κ2) is 4.89. The monoisotopic (exact) mass is 247 g/mol. The third kappa shape index (κ3) is 2.03. The van der Waals surface area contributed by atoms with E-state index in [0.29, 0.717) is 11.8 Å². The summed E-state index contributed by atoms with van der Waals surface area (Å²) < 4.78 is 1.84. The first-order chi connectivity index (χ1) is 8.88. The molecule has 2 atom stereocenters. The lowest BCUT2D eigenvalue weighted by molar-refractivity contribution is 0.199. The number of fused-ring (bicyclic) bond motifs is 1. The van der Waals surface area contributed by atoms with E-state index in [2.05, 4.69) is 20.5 Å². The fraction of sp³-hybridized carbons (Fsp3) is 0.583. The molecule has 2 N–H and O–H groups in total. The smallest absolute Gasteiger partial charge is 0.203 e. The predicted molar refractivity (Wildman–Crippen MR) is 67.2 cm³/mol. The van der Waals surface area contributed by atoms with E-state index in [9.17, 15) is 5.11 Å². The zero-order valence-electron chi connectivity index (χ0n) is 10.2. The van der Waals surface area contributed by atoms with Gasteiger partial charge >= 0.3 is 0 Å². The van der Waals surface area contributed by atoms with Crippen LogP contribution in [0.3, 0.4) is 0 Å². The fourth-order valence-corrected chi connectivity index (χ4v) is 2.73. The summed E-state index contributed by atoms with van der Waals surface area (Å²) in [5.74, 6) is 1.72. The summed E-state index contributed by atoms with van der Waals surface area (Å²) in [6, 6.07) is 0. The van der Waals surface area contributed by atoms with Gasteiger partial charge in [-0.05, 0) is 24.7 Å². The Hall–Kier alpha value is -1.69. The first kappa shape index (κ1) is 11.4. The van der Waals surface area contributed by atoms with Gasteiger partial charge in [0.15, 0.2) is 5.82 Å². The van der Waals surface area contributed by atoms with Crippen molar-refractivity contribution in [1.29, 1.82) is 0 Å². The molecule has 96 valence electrons. The molecule has 0 aliphatic heterocycles. The average Bonchev–Trinajstić information content (AvgIpc) is 3.04. The van der Waals surface area contributed by atoms with Crippen LogP contribution in [0.2, 0.25) is 0 Å². The van der Waals surface area contributed by atoms with Gasteiger partial charge in [0.25, 0.3) is 0 Å². The summed E-state index contributed by atoms with van der Waals surface area (Å²) in [5.41, 5.74) is 0.746. The van der Waals surface area contributed by atoms with Crippen LogP contribution >= 0.6 is 0 Å². The summed E-state index contributed by atoms with van der Waals surface area (Å²) >= 11 is 0. The first-order valence-electron chi connectivity index (χ1n) is 6.37. The summed E-state index contributed by atoms with van der Waals surface area (Å²) in [6.45, 7) is 1.12. The lowest BCUT2D eigenvalue weighted by atomic mass is 9.97. The van der Waals surface area contributed by atoms with E-state index in [4.69, 9.17) is 0 Å². The number of anilines is 1. The summed E-state index contributed by atoms with van der Waals surface area (Å²) in [4.78, 5) is 4.29. The number of nitrogens with zero attached hydrogens (tertiary/aromatic N) is 4. The van der Waals surface area contributed by atoms with E-state index in [1.54, 1.807) is 12.5 Å². The number of aliphatic hydroxyl groups excluding tert-OH is 1. The van der Waals surface area contributed by atoms with Crippen LogP contribution in [0.4, 0.5) is 5.82 Å². The van der Waals surface area contributed by atoms with Gasteiger partial charge in [0.05, 0.1) is 0 Å². The normalized spacial score (nSPS) is 23.6. The molecule has 2 aromatic rings. The van der Waals surface area contributed by atoms with E-state index in [-0.39, 0.29) is 6.61 Å². The van der Waals surface area contributed by atoms with Crippen LogP contribution in [0.5, 0.6) is 0 Å². The Kier molecular flexibility index (Phi) is 3.10. The van der Waals surface area contributed by atoms with Gasteiger partial charge in [0, 0.05) is 25.5 Å². The first-order valence-corrected chi connectivity index (χ1v) is 6.37. The third-order valence-electron chi connectivity index (χ3n) is 3.80. The number of rotatable bonds is 4. The highest BCUT2D eigenvalue weighted by atomic mass is 16.3. The summed E-state index contributed by atoms with van der Waals surface area (Å²) in [6.07, 6.45) is 8.73. The highest BCUT2D eigenvalue weighted by Gasteiger charge is 2.26. The van der Waals surface area contributed by atoms with Crippen molar-refractivity contribution in [3.8, 4) is 0 Å². The molecule has 1 aliphatic carbocycles. The van der Waals surface area contributed by atoms with Crippen molar-refractivity contribution in [3.63, 3.8) is 0 Å². The number of hydrogen-bond acceptors (Lipinski definition) is 5. The Labute approximate surface area is 105 Å². The van der Waals surface area contributed by atoms with E-state index < -0.39 is 0 Å².